The third-order valence-corrected chi connectivity index (χ3v) is 6.58. The van der Waals surface area contributed by atoms with Crippen molar-refractivity contribution in [1.29, 1.82) is 0 Å². The quantitative estimate of drug-likeness (QED) is 0.834. The lowest BCUT2D eigenvalue weighted by Gasteiger charge is -2.31. The van der Waals surface area contributed by atoms with Crippen LogP contribution in [-0.4, -0.2) is 43.5 Å². The zero-order valence-corrected chi connectivity index (χ0v) is 13.9. The summed E-state index contributed by atoms with van der Waals surface area (Å²) in [4.78, 5) is 2.44. The summed E-state index contributed by atoms with van der Waals surface area (Å²) in [7, 11) is -2.82. The summed E-state index contributed by atoms with van der Waals surface area (Å²) in [5, 5.41) is 0.765. The van der Waals surface area contributed by atoms with Crippen LogP contribution < -0.4 is 0 Å². The fourth-order valence-corrected chi connectivity index (χ4v) is 5.22. The van der Waals surface area contributed by atoms with E-state index in [2.05, 4.69) is 17.9 Å². The predicted molar refractivity (Wildman–Crippen MR) is 86.7 cm³/mol. The van der Waals surface area contributed by atoms with Crippen molar-refractivity contribution in [3.8, 4) is 0 Å². The van der Waals surface area contributed by atoms with Crippen LogP contribution in [0.15, 0.2) is 24.3 Å². The molecule has 0 radical (unpaired) electrons. The first-order valence-electron chi connectivity index (χ1n) is 7.66. The average molecular weight is 328 g/mol. The molecule has 1 aromatic carbocycles. The van der Waals surface area contributed by atoms with E-state index in [0.717, 1.165) is 18.0 Å². The number of nitrogens with zero attached hydrogens (tertiary/aromatic N) is 1. The summed E-state index contributed by atoms with van der Waals surface area (Å²) in [5.74, 6) is 1.06. The van der Waals surface area contributed by atoms with Crippen LogP contribution in [0.4, 0.5) is 0 Å². The number of rotatable bonds is 5. The number of hydrogen-bond acceptors (Lipinski definition) is 3. The van der Waals surface area contributed by atoms with E-state index >= 15 is 0 Å². The molecule has 1 aliphatic heterocycles. The van der Waals surface area contributed by atoms with E-state index in [-0.39, 0.29) is 6.04 Å². The van der Waals surface area contributed by atoms with E-state index in [0.29, 0.717) is 23.5 Å². The van der Waals surface area contributed by atoms with Crippen LogP contribution in [0.5, 0.6) is 0 Å². The lowest BCUT2D eigenvalue weighted by molar-refractivity contribution is 0.192. The Balaban J connectivity index is 1.71. The molecule has 21 heavy (non-hydrogen) atoms. The summed E-state index contributed by atoms with van der Waals surface area (Å²) in [5.41, 5.74) is 1.23. The van der Waals surface area contributed by atoms with E-state index in [9.17, 15) is 8.42 Å². The maximum atomic E-state index is 11.7. The third-order valence-electron chi connectivity index (χ3n) is 4.60. The minimum atomic E-state index is -2.82. The standard InChI is InChI=1S/C16H22ClNO2S/c1-12(13-3-2-4-14(17)9-13)10-18(15-5-6-15)16-7-8-21(19,20)11-16/h2-4,9,12,15-16H,5-8,10-11H2,1H3/t12-,16-/m0/s1. The second kappa shape index (κ2) is 5.90. The van der Waals surface area contributed by atoms with Gasteiger partial charge in [0, 0.05) is 23.7 Å². The Morgan fingerprint density at radius 1 is 1.29 bits per heavy atom. The van der Waals surface area contributed by atoms with Gasteiger partial charge in [0.15, 0.2) is 9.84 Å². The molecule has 0 amide bonds. The predicted octanol–water partition coefficient (Wildman–Crippen LogP) is 3.10. The van der Waals surface area contributed by atoms with Gasteiger partial charge in [0.05, 0.1) is 11.5 Å². The molecule has 2 fully saturated rings. The van der Waals surface area contributed by atoms with Gasteiger partial charge in [-0.1, -0.05) is 30.7 Å². The molecule has 5 heteroatoms. The summed E-state index contributed by atoms with van der Waals surface area (Å²) in [6.07, 6.45) is 3.21. The van der Waals surface area contributed by atoms with Crippen molar-refractivity contribution in [2.24, 2.45) is 0 Å². The molecule has 1 heterocycles. The Bertz CT molecular complexity index is 612. The Morgan fingerprint density at radius 3 is 2.62 bits per heavy atom. The zero-order chi connectivity index (χ0) is 15.0. The second-order valence-electron chi connectivity index (χ2n) is 6.44. The minimum absolute atomic E-state index is 0.212. The van der Waals surface area contributed by atoms with E-state index in [4.69, 9.17) is 11.6 Å². The molecule has 0 bridgehead atoms. The summed E-state index contributed by atoms with van der Waals surface area (Å²) >= 11 is 6.07. The number of halogens is 1. The Kier molecular flexibility index (Phi) is 4.30. The van der Waals surface area contributed by atoms with Crippen molar-refractivity contribution in [2.75, 3.05) is 18.1 Å². The van der Waals surface area contributed by atoms with Gasteiger partial charge in [0.25, 0.3) is 0 Å². The lowest BCUT2D eigenvalue weighted by atomic mass is 9.99. The molecule has 3 rings (SSSR count). The van der Waals surface area contributed by atoms with Crippen LogP contribution >= 0.6 is 11.6 Å². The van der Waals surface area contributed by atoms with Gasteiger partial charge < -0.3 is 0 Å². The molecule has 116 valence electrons. The molecule has 3 nitrogen and oxygen atoms in total. The van der Waals surface area contributed by atoms with Gasteiger partial charge in [-0.2, -0.15) is 0 Å². The lowest BCUT2D eigenvalue weighted by Crippen LogP contribution is -2.40. The minimum Gasteiger partial charge on any atom is -0.296 e. The molecule has 1 saturated carbocycles. The van der Waals surface area contributed by atoms with Crippen LogP contribution in [0.1, 0.15) is 37.7 Å². The first-order chi connectivity index (χ1) is 9.94. The van der Waals surface area contributed by atoms with Gasteiger partial charge in [-0.25, -0.2) is 8.42 Å². The van der Waals surface area contributed by atoms with E-state index in [1.807, 2.05) is 18.2 Å². The highest BCUT2D eigenvalue weighted by atomic mass is 35.5. The molecule has 1 aromatic rings. The van der Waals surface area contributed by atoms with E-state index in [1.54, 1.807) is 0 Å². The summed E-state index contributed by atoms with van der Waals surface area (Å²) < 4.78 is 23.5. The number of hydrogen-bond donors (Lipinski definition) is 0. The van der Waals surface area contributed by atoms with Gasteiger partial charge in [-0.05, 0) is 42.9 Å². The van der Waals surface area contributed by atoms with E-state index < -0.39 is 9.84 Å². The first-order valence-corrected chi connectivity index (χ1v) is 9.86. The molecule has 2 aliphatic rings. The van der Waals surface area contributed by atoms with Crippen molar-refractivity contribution in [3.05, 3.63) is 34.9 Å². The third kappa shape index (κ3) is 3.79. The fraction of sp³-hybridized carbons (Fsp3) is 0.625. The largest absolute Gasteiger partial charge is 0.296 e. The molecule has 0 spiro atoms. The molecule has 0 unspecified atom stereocenters. The van der Waals surface area contributed by atoms with Crippen molar-refractivity contribution in [3.63, 3.8) is 0 Å². The van der Waals surface area contributed by atoms with Gasteiger partial charge in [-0.3, -0.25) is 4.90 Å². The summed E-state index contributed by atoms with van der Waals surface area (Å²) in [6, 6.07) is 8.79. The Morgan fingerprint density at radius 2 is 2.05 bits per heavy atom. The van der Waals surface area contributed by atoms with Gasteiger partial charge >= 0.3 is 0 Å². The maximum absolute atomic E-state index is 11.7. The zero-order valence-electron chi connectivity index (χ0n) is 12.3. The van der Waals surface area contributed by atoms with Gasteiger partial charge in [0.2, 0.25) is 0 Å². The van der Waals surface area contributed by atoms with Crippen LogP contribution in [0.3, 0.4) is 0 Å². The van der Waals surface area contributed by atoms with Crippen molar-refractivity contribution >= 4 is 21.4 Å². The SMILES string of the molecule is C[C@@H](CN(C1CC1)[C@H]1CCS(=O)(=O)C1)c1cccc(Cl)c1. The molecule has 1 aliphatic carbocycles. The van der Waals surface area contributed by atoms with Crippen LogP contribution in [0.25, 0.3) is 0 Å². The topological polar surface area (TPSA) is 37.4 Å². The maximum Gasteiger partial charge on any atom is 0.151 e. The molecular formula is C16H22ClNO2S. The first kappa shape index (κ1) is 15.3. The molecule has 0 aromatic heterocycles. The average Bonchev–Trinajstić information content (AvgIpc) is 3.19. The van der Waals surface area contributed by atoms with Gasteiger partial charge in [0.1, 0.15) is 0 Å². The van der Waals surface area contributed by atoms with Crippen molar-refractivity contribution in [1.82, 2.24) is 4.90 Å². The Labute approximate surface area is 132 Å². The monoisotopic (exact) mass is 327 g/mol. The van der Waals surface area contributed by atoms with Crippen LogP contribution in [0.2, 0.25) is 5.02 Å². The molecule has 2 atom stereocenters. The molecule has 1 saturated heterocycles. The van der Waals surface area contributed by atoms with Crippen LogP contribution in [-0.2, 0) is 9.84 Å². The molecular weight excluding hydrogens is 306 g/mol. The van der Waals surface area contributed by atoms with Crippen LogP contribution in [0, 0.1) is 0 Å². The van der Waals surface area contributed by atoms with Gasteiger partial charge in [-0.15, -0.1) is 0 Å². The van der Waals surface area contributed by atoms with Crippen molar-refractivity contribution in [2.45, 2.75) is 44.2 Å². The normalized spacial score (nSPS) is 26.1. The fourth-order valence-electron chi connectivity index (χ4n) is 3.27. The van der Waals surface area contributed by atoms with E-state index in [1.165, 1.54) is 18.4 Å². The number of sulfone groups is 1. The highest BCUT2D eigenvalue weighted by Crippen LogP contribution is 2.34. The highest BCUT2D eigenvalue weighted by Gasteiger charge is 2.39. The Hall–Kier alpha value is -0.580. The number of benzene rings is 1. The van der Waals surface area contributed by atoms with Crippen molar-refractivity contribution < 1.29 is 8.42 Å². The molecule has 0 N–H and O–H groups in total. The summed E-state index contributed by atoms with van der Waals surface area (Å²) in [6.45, 7) is 3.12. The highest BCUT2D eigenvalue weighted by molar-refractivity contribution is 7.91. The smallest absolute Gasteiger partial charge is 0.151 e. The second-order valence-corrected chi connectivity index (χ2v) is 9.11.